The first kappa shape index (κ1) is 61.0. The Bertz CT molecular complexity index is 1460. The lowest BCUT2D eigenvalue weighted by atomic mass is 9.80. The number of benzene rings is 3. The molecule has 0 spiro atoms. The minimum atomic E-state index is -0.757. The van der Waals surface area contributed by atoms with Crippen LogP contribution in [-0.4, -0.2) is 151 Å². The van der Waals surface area contributed by atoms with Crippen LogP contribution in [0.25, 0.3) is 0 Å². The van der Waals surface area contributed by atoms with E-state index in [9.17, 15) is 4.79 Å². The Morgan fingerprint density at radius 2 is 0.557 bits per heavy atom. The van der Waals surface area contributed by atoms with Crippen LogP contribution in [0.1, 0.15) is 114 Å². The highest BCUT2D eigenvalue weighted by Gasteiger charge is 2.37. The van der Waals surface area contributed by atoms with Crippen molar-refractivity contribution >= 4 is 5.97 Å². The topological polar surface area (TPSA) is 128 Å². The van der Waals surface area contributed by atoms with Crippen molar-refractivity contribution in [3.63, 3.8) is 0 Å². The van der Waals surface area contributed by atoms with Crippen molar-refractivity contribution < 1.29 is 61.6 Å². The molecule has 0 aromatic heterocycles. The predicted molar refractivity (Wildman–Crippen MR) is 275 cm³/mol. The standard InChI is InChI=1S/C57H90O13/c1-2-3-4-5-6-7-8-9-10-11-12-13-23-30-56(58)69-51-49-67-47-45-65-43-41-63-39-37-61-35-33-59-31-32-60-34-36-62-38-40-64-42-44-66-46-48-68-50-52-70-57(53-24-17-14-18-25-53,54-26-19-15-20-27-54)55-28-21-16-22-29-55/h14-22,24-29H,2-13,23,30-52H2,1H3. The maximum absolute atomic E-state index is 11.9. The quantitative estimate of drug-likeness (QED) is 0.0303. The molecule has 0 saturated heterocycles. The molecule has 3 aromatic carbocycles. The van der Waals surface area contributed by atoms with Gasteiger partial charge in [-0.2, -0.15) is 0 Å². The smallest absolute Gasteiger partial charge is 0.305 e. The molecule has 0 heterocycles. The summed E-state index contributed by atoms with van der Waals surface area (Å²) in [4.78, 5) is 11.9. The van der Waals surface area contributed by atoms with Crippen LogP contribution in [0.3, 0.4) is 0 Å². The van der Waals surface area contributed by atoms with Crippen molar-refractivity contribution in [1.29, 1.82) is 0 Å². The fourth-order valence-electron chi connectivity index (χ4n) is 7.68. The van der Waals surface area contributed by atoms with Gasteiger partial charge < -0.3 is 56.8 Å². The Morgan fingerprint density at radius 3 is 0.843 bits per heavy atom. The Morgan fingerprint density at radius 1 is 0.314 bits per heavy atom. The van der Waals surface area contributed by atoms with Gasteiger partial charge in [-0.05, 0) is 23.1 Å². The molecule has 0 fully saturated rings. The molecular weight excluding hydrogens is 893 g/mol. The zero-order valence-corrected chi connectivity index (χ0v) is 42.9. The lowest BCUT2D eigenvalue weighted by Crippen LogP contribution is -2.34. The molecule has 396 valence electrons. The average molecular weight is 983 g/mol. The average Bonchev–Trinajstić information content (AvgIpc) is 3.39. The number of hydrogen-bond donors (Lipinski definition) is 0. The molecule has 0 aliphatic rings. The van der Waals surface area contributed by atoms with E-state index in [2.05, 4.69) is 43.3 Å². The molecule has 0 aliphatic heterocycles. The van der Waals surface area contributed by atoms with Crippen molar-refractivity contribution in [1.82, 2.24) is 0 Å². The molecule has 0 radical (unpaired) electrons. The van der Waals surface area contributed by atoms with Crippen LogP contribution < -0.4 is 0 Å². The first-order chi connectivity index (χ1) is 34.8. The highest BCUT2D eigenvalue weighted by atomic mass is 16.6. The van der Waals surface area contributed by atoms with E-state index in [1.165, 1.54) is 70.6 Å². The van der Waals surface area contributed by atoms with Gasteiger partial charge in [0.2, 0.25) is 0 Å². The minimum absolute atomic E-state index is 0.134. The van der Waals surface area contributed by atoms with Crippen molar-refractivity contribution in [3.05, 3.63) is 108 Å². The Hall–Kier alpha value is -3.31. The van der Waals surface area contributed by atoms with Gasteiger partial charge in [0.05, 0.1) is 139 Å². The van der Waals surface area contributed by atoms with Crippen LogP contribution in [0.5, 0.6) is 0 Å². The monoisotopic (exact) mass is 983 g/mol. The van der Waals surface area contributed by atoms with E-state index in [1.807, 2.05) is 54.6 Å². The number of carbonyl (C=O) groups excluding carboxylic acids is 1. The summed E-state index contributed by atoms with van der Waals surface area (Å²) in [6.07, 6.45) is 17.3. The summed E-state index contributed by atoms with van der Waals surface area (Å²) in [7, 11) is 0. The highest BCUT2D eigenvalue weighted by Crippen LogP contribution is 2.40. The molecular formula is C57H90O13. The molecule has 0 bridgehead atoms. The first-order valence-electron chi connectivity index (χ1n) is 26.5. The number of esters is 1. The van der Waals surface area contributed by atoms with Gasteiger partial charge in [-0.15, -0.1) is 0 Å². The van der Waals surface area contributed by atoms with E-state index in [1.54, 1.807) is 0 Å². The molecule has 0 N–H and O–H groups in total. The Labute approximate surface area is 421 Å². The second kappa shape index (κ2) is 45.5. The third-order valence-electron chi connectivity index (χ3n) is 11.4. The van der Waals surface area contributed by atoms with Gasteiger partial charge in [-0.25, -0.2) is 0 Å². The van der Waals surface area contributed by atoms with Crippen LogP contribution in [0.4, 0.5) is 0 Å². The number of carbonyl (C=O) groups is 1. The molecule has 0 amide bonds. The van der Waals surface area contributed by atoms with Gasteiger partial charge in [0.25, 0.3) is 0 Å². The summed E-state index contributed by atoms with van der Waals surface area (Å²) in [6.45, 7) is 12.5. The van der Waals surface area contributed by atoms with Crippen LogP contribution >= 0.6 is 0 Å². The van der Waals surface area contributed by atoms with Gasteiger partial charge in [0.1, 0.15) is 12.2 Å². The van der Waals surface area contributed by atoms with Crippen molar-refractivity contribution in [2.24, 2.45) is 0 Å². The van der Waals surface area contributed by atoms with Gasteiger partial charge in [-0.3, -0.25) is 4.79 Å². The number of ether oxygens (including phenoxy) is 12. The number of hydrogen-bond acceptors (Lipinski definition) is 13. The van der Waals surface area contributed by atoms with Crippen LogP contribution in [0.2, 0.25) is 0 Å². The lowest BCUT2D eigenvalue weighted by Gasteiger charge is -2.36. The van der Waals surface area contributed by atoms with Crippen molar-refractivity contribution in [2.75, 3.05) is 145 Å². The summed E-state index contributed by atoms with van der Waals surface area (Å²) in [5.74, 6) is -0.134. The summed E-state index contributed by atoms with van der Waals surface area (Å²) >= 11 is 0. The largest absolute Gasteiger partial charge is 0.463 e. The summed E-state index contributed by atoms with van der Waals surface area (Å²) < 4.78 is 67.9. The van der Waals surface area contributed by atoms with E-state index < -0.39 is 5.60 Å². The molecule has 13 heteroatoms. The lowest BCUT2D eigenvalue weighted by molar-refractivity contribution is -0.145. The normalized spacial score (nSPS) is 11.7. The third kappa shape index (κ3) is 31.2. The second-order valence-corrected chi connectivity index (χ2v) is 17.0. The van der Waals surface area contributed by atoms with Crippen molar-refractivity contribution in [2.45, 2.75) is 102 Å². The van der Waals surface area contributed by atoms with E-state index in [-0.39, 0.29) is 12.6 Å². The van der Waals surface area contributed by atoms with Gasteiger partial charge in [0.15, 0.2) is 0 Å². The molecule has 0 atom stereocenters. The fraction of sp³-hybridized carbons (Fsp3) is 0.667. The molecule has 0 unspecified atom stereocenters. The summed E-state index contributed by atoms with van der Waals surface area (Å²) in [5.41, 5.74) is 2.44. The summed E-state index contributed by atoms with van der Waals surface area (Å²) in [6, 6.07) is 31.0. The van der Waals surface area contributed by atoms with Gasteiger partial charge in [-0.1, -0.05) is 175 Å². The molecule has 0 aliphatic carbocycles. The maximum Gasteiger partial charge on any atom is 0.305 e. The van der Waals surface area contributed by atoms with Gasteiger partial charge in [0, 0.05) is 6.42 Å². The molecule has 3 aromatic rings. The highest BCUT2D eigenvalue weighted by molar-refractivity contribution is 5.69. The van der Waals surface area contributed by atoms with E-state index in [0.717, 1.165) is 29.5 Å². The predicted octanol–water partition coefficient (Wildman–Crippen LogP) is 10.2. The third-order valence-corrected chi connectivity index (χ3v) is 11.4. The van der Waals surface area contributed by atoms with E-state index in [4.69, 9.17) is 56.8 Å². The van der Waals surface area contributed by atoms with Crippen LogP contribution in [0.15, 0.2) is 91.0 Å². The van der Waals surface area contributed by atoms with Crippen molar-refractivity contribution in [3.8, 4) is 0 Å². The SMILES string of the molecule is CCCCCCCCCCCCCCCC(=O)OCCOCCOCCOCCOCCOCCOCCOCCOCCOCCOCCOC(c1ccccc1)(c1ccccc1)c1ccccc1. The fourth-order valence-corrected chi connectivity index (χ4v) is 7.68. The molecule has 70 heavy (non-hydrogen) atoms. The second-order valence-electron chi connectivity index (χ2n) is 17.0. The van der Waals surface area contributed by atoms with E-state index >= 15 is 0 Å². The zero-order valence-electron chi connectivity index (χ0n) is 42.9. The Kier molecular flexibility index (Phi) is 39.7. The maximum atomic E-state index is 11.9. The van der Waals surface area contributed by atoms with Gasteiger partial charge >= 0.3 is 5.97 Å². The molecule has 13 nitrogen and oxygen atoms in total. The van der Waals surface area contributed by atoms with Crippen LogP contribution in [0, 0.1) is 0 Å². The van der Waals surface area contributed by atoms with E-state index in [0.29, 0.717) is 145 Å². The number of rotatable bonds is 51. The Balaban J connectivity index is 0.965. The zero-order chi connectivity index (χ0) is 49.4. The molecule has 0 saturated carbocycles. The number of unbranched alkanes of at least 4 members (excludes halogenated alkanes) is 12. The first-order valence-corrected chi connectivity index (χ1v) is 26.5. The molecule has 3 rings (SSSR count). The summed E-state index contributed by atoms with van der Waals surface area (Å²) in [5, 5.41) is 0. The van der Waals surface area contributed by atoms with Crippen LogP contribution in [-0.2, 0) is 67.2 Å². The minimum Gasteiger partial charge on any atom is -0.463 e.